The van der Waals surface area contributed by atoms with Crippen LogP contribution >= 0.6 is 0 Å². The van der Waals surface area contributed by atoms with Crippen LogP contribution in [0.25, 0.3) is 17.1 Å². The Balaban J connectivity index is 2.09. The number of benzene rings is 1. The van der Waals surface area contributed by atoms with Crippen LogP contribution in [0.5, 0.6) is 0 Å². The minimum atomic E-state index is -0.405. The Morgan fingerprint density at radius 3 is 2.39 bits per heavy atom. The van der Waals surface area contributed by atoms with E-state index in [0.29, 0.717) is 23.7 Å². The summed E-state index contributed by atoms with van der Waals surface area (Å²) in [6.07, 6.45) is 0. The van der Waals surface area contributed by atoms with Gasteiger partial charge in [0.05, 0.1) is 12.2 Å². The maximum absolute atomic E-state index is 13.0. The maximum Gasteiger partial charge on any atom is 0.332 e. The Bertz CT molecular complexity index is 1340. The second-order valence-corrected chi connectivity index (χ2v) is 7.20. The Hall–Kier alpha value is -3.42. The number of nitrogens with zero attached hydrogens (tertiary/aromatic N) is 6. The van der Waals surface area contributed by atoms with Crippen molar-refractivity contribution in [2.45, 2.75) is 27.3 Å². The molecule has 0 radical (unpaired) electrons. The molecular weight excluding hydrogens is 356 g/mol. The molecule has 0 amide bonds. The molecule has 4 rings (SSSR count). The van der Waals surface area contributed by atoms with E-state index in [0.717, 1.165) is 27.1 Å². The first-order chi connectivity index (χ1) is 13.3. The van der Waals surface area contributed by atoms with Crippen molar-refractivity contribution in [2.75, 3.05) is 0 Å². The first-order valence-electron chi connectivity index (χ1n) is 9.03. The van der Waals surface area contributed by atoms with Crippen LogP contribution in [0.4, 0.5) is 0 Å². The summed E-state index contributed by atoms with van der Waals surface area (Å²) in [7, 11) is 3.11. The van der Waals surface area contributed by atoms with Crippen LogP contribution < -0.4 is 11.2 Å². The van der Waals surface area contributed by atoms with Gasteiger partial charge in [0.2, 0.25) is 5.95 Å². The van der Waals surface area contributed by atoms with Crippen LogP contribution in [0.3, 0.4) is 0 Å². The Kier molecular flexibility index (Phi) is 4.06. The summed E-state index contributed by atoms with van der Waals surface area (Å²) in [4.78, 5) is 30.0. The Morgan fingerprint density at radius 2 is 1.75 bits per heavy atom. The number of hydrogen-bond acceptors (Lipinski definition) is 4. The predicted molar refractivity (Wildman–Crippen MR) is 107 cm³/mol. The van der Waals surface area contributed by atoms with Gasteiger partial charge in [-0.05, 0) is 32.4 Å². The molecule has 0 N–H and O–H groups in total. The van der Waals surface area contributed by atoms with Gasteiger partial charge in [-0.2, -0.15) is 10.1 Å². The number of rotatable bonds is 3. The van der Waals surface area contributed by atoms with E-state index >= 15 is 0 Å². The molecule has 3 heterocycles. The molecule has 3 aromatic heterocycles. The van der Waals surface area contributed by atoms with Gasteiger partial charge in [-0.3, -0.25) is 18.5 Å². The Morgan fingerprint density at radius 1 is 1.00 bits per heavy atom. The van der Waals surface area contributed by atoms with Gasteiger partial charge < -0.3 is 0 Å². The zero-order chi connectivity index (χ0) is 20.2. The molecule has 0 saturated heterocycles. The molecule has 0 aliphatic rings. The summed E-state index contributed by atoms with van der Waals surface area (Å²) in [5.74, 6) is 0.514. The van der Waals surface area contributed by atoms with Crippen molar-refractivity contribution < 1.29 is 0 Å². The minimum Gasteiger partial charge on any atom is -0.298 e. The van der Waals surface area contributed by atoms with Crippen molar-refractivity contribution in [3.63, 3.8) is 0 Å². The van der Waals surface area contributed by atoms with Gasteiger partial charge in [-0.15, -0.1) is 0 Å². The highest BCUT2D eigenvalue weighted by molar-refractivity contribution is 5.73. The van der Waals surface area contributed by atoms with Crippen LogP contribution in [0, 0.1) is 20.8 Å². The molecule has 8 nitrogen and oxygen atoms in total. The van der Waals surface area contributed by atoms with Gasteiger partial charge >= 0.3 is 5.69 Å². The fourth-order valence-electron chi connectivity index (χ4n) is 3.57. The first-order valence-corrected chi connectivity index (χ1v) is 9.03. The molecule has 0 aliphatic carbocycles. The molecule has 0 saturated carbocycles. The fraction of sp³-hybridized carbons (Fsp3) is 0.300. The van der Waals surface area contributed by atoms with Crippen molar-refractivity contribution in [1.29, 1.82) is 0 Å². The number of imidazole rings is 1. The normalized spacial score (nSPS) is 11.5. The van der Waals surface area contributed by atoms with Crippen LogP contribution in [0.15, 0.2) is 39.9 Å². The molecule has 0 fully saturated rings. The standard InChI is InChI=1S/C20H22N6O2/c1-12-7-6-8-15(9-12)11-25-16-17(23(4)20(28)24(5)18(16)27)21-19(25)26-14(3)10-13(2)22-26/h6-10H,11H2,1-5H3. The third kappa shape index (κ3) is 2.69. The average molecular weight is 378 g/mol. The van der Waals surface area contributed by atoms with E-state index in [4.69, 9.17) is 0 Å². The molecule has 0 bridgehead atoms. The van der Waals surface area contributed by atoms with E-state index in [1.165, 1.54) is 11.6 Å². The maximum atomic E-state index is 13.0. The number of hydrogen-bond donors (Lipinski definition) is 0. The second-order valence-electron chi connectivity index (χ2n) is 7.20. The quantitative estimate of drug-likeness (QED) is 0.542. The summed E-state index contributed by atoms with van der Waals surface area (Å²) in [6.45, 7) is 6.32. The zero-order valence-electron chi connectivity index (χ0n) is 16.6. The van der Waals surface area contributed by atoms with Crippen LogP contribution in [0.2, 0.25) is 0 Å². The largest absolute Gasteiger partial charge is 0.332 e. The lowest BCUT2D eigenvalue weighted by molar-refractivity contribution is 0.691. The van der Waals surface area contributed by atoms with Gasteiger partial charge in [0.25, 0.3) is 5.56 Å². The summed E-state index contributed by atoms with van der Waals surface area (Å²) >= 11 is 0. The van der Waals surface area contributed by atoms with Crippen LogP contribution in [-0.4, -0.2) is 28.5 Å². The van der Waals surface area contributed by atoms with E-state index in [2.05, 4.69) is 16.1 Å². The number of fused-ring (bicyclic) bond motifs is 1. The van der Waals surface area contributed by atoms with Crippen molar-refractivity contribution in [1.82, 2.24) is 28.5 Å². The summed E-state index contributed by atoms with van der Waals surface area (Å²) < 4.78 is 6.07. The topological polar surface area (TPSA) is 79.6 Å². The molecule has 0 unspecified atom stereocenters. The van der Waals surface area contributed by atoms with Crippen LogP contribution in [0.1, 0.15) is 22.5 Å². The van der Waals surface area contributed by atoms with Gasteiger partial charge in [0, 0.05) is 19.8 Å². The fourth-order valence-corrected chi connectivity index (χ4v) is 3.57. The molecule has 0 aliphatic heterocycles. The number of aromatic nitrogens is 6. The summed E-state index contributed by atoms with van der Waals surface area (Å²) in [6, 6.07) is 10.0. The number of aryl methyl sites for hydroxylation is 4. The average Bonchev–Trinajstić information content (AvgIpc) is 3.17. The molecule has 0 spiro atoms. The van der Waals surface area contributed by atoms with Gasteiger partial charge in [-0.1, -0.05) is 29.8 Å². The van der Waals surface area contributed by atoms with Crippen molar-refractivity contribution in [2.24, 2.45) is 14.1 Å². The zero-order valence-corrected chi connectivity index (χ0v) is 16.6. The lowest BCUT2D eigenvalue weighted by atomic mass is 10.1. The minimum absolute atomic E-state index is 0.350. The molecule has 144 valence electrons. The highest BCUT2D eigenvalue weighted by Gasteiger charge is 2.21. The van der Waals surface area contributed by atoms with Gasteiger partial charge in [0.1, 0.15) is 0 Å². The Labute approximate surface area is 161 Å². The molecule has 4 aromatic rings. The van der Waals surface area contributed by atoms with Gasteiger partial charge in [0.15, 0.2) is 11.2 Å². The monoisotopic (exact) mass is 378 g/mol. The van der Waals surface area contributed by atoms with Crippen molar-refractivity contribution in [3.05, 3.63) is 73.7 Å². The van der Waals surface area contributed by atoms with Crippen molar-refractivity contribution in [3.8, 4) is 5.95 Å². The SMILES string of the molecule is Cc1cccc(Cn2c(-n3nc(C)cc3C)nc3c2c(=O)n(C)c(=O)n3C)c1. The predicted octanol–water partition coefficient (Wildman–Crippen LogP) is 1.59. The lowest BCUT2D eigenvalue weighted by Crippen LogP contribution is -2.37. The van der Waals surface area contributed by atoms with E-state index in [9.17, 15) is 9.59 Å². The highest BCUT2D eigenvalue weighted by Crippen LogP contribution is 2.19. The third-order valence-corrected chi connectivity index (χ3v) is 4.95. The molecule has 0 atom stereocenters. The second kappa shape index (κ2) is 6.33. The van der Waals surface area contributed by atoms with Crippen molar-refractivity contribution >= 4 is 11.2 Å². The van der Waals surface area contributed by atoms with E-state index in [1.807, 2.05) is 49.6 Å². The van der Waals surface area contributed by atoms with E-state index in [1.54, 1.807) is 11.7 Å². The van der Waals surface area contributed by atoms with E-state index < -0.39 is 5.69 Å². The molecule has 1 aromatic carbocycles. The molecular formula is C20H22N6O2. The highest BCUT2D eigenvalue weighted by atomic mass is 16.2. The summed E-state index contributed by atoms with van der Waals surface area (Å²) in [5, 5.41) is 4.54. The molecule has 28 heavy (non-hydrogen) atoms. The van der Waals surface area contributed by atoms with Gasteiger partial charge in [-0.25, -0.2) is 9.48 Å². The summed E-state index contributed by atoms with van der Waals surface area (Å²) in [5.41, 5.74) is 3.89. The smallest absolute Gasteiger partial charge is 0.298 e. The lowest BCUT2D eigenvalue weighted by Gasteiger charge is -2.11. The third-order valence-electron chi connectivity index (χ3n) is 4.95. The van der Waals surface area contributed by atoms with Crippen LogP contribution in [-0.2, 0) is 20.6 Å². The van der Waals surface area contributed by atoms with E-state index in [-0.39, 0.29) is 5.56 Å². The first kappa shape index (κ1) is 18.0. The molecule has 8 heteroatoms.